The zero-order valence-corrected chi connectivity index (χ0v) is 16.9. The lowest BCUT2D eigenvalue weighted by molar-refractivity contribution is -0.126. The Morgan fingerprint density at radius 1 is 1.13 bits per heavy atom. The first-order chi connectivity index (χ1) is 15.0. The minimum Gasteiger partial charge on any atom is -0.366 e. The lowest BCUT2D eigenvalue weighted by Gasteiger charge is -2.36. The van der Waals surface area contributed by atoms with E-state index >= 15 is 0 Å². The number of nitrogens with zero attached hydrogens (tertiary/aromatic N) is 4. The summed E-state index contributed by atoms with van der Waals surface area (Å²) in [5, 5.41) is 10.5. The smallest absolute Gasteiger partial charge is 0.271 e. The molecule has 0 spiro atoms. The predicted molar refractivity (Wildman–Crippen MR) is 117 cm³/mol. The van der Waals surface area contributed by atoms with Crippen molar-refractivity contribution in [2.24, 2.45) is 0 Å². The fourth-order valence-corrected chi connectivity index (χ4v) is 4.04. The van der Waals surface area contributed by atoms with E-state index < -0.39 is 11.4 Å². The van der Waals surface area contributed by atoms with E-state index in [0.29, 0.717) is 42.8 Å². The maximum Gasteiger partial charge on any atom is 0.271 e. The number of amides is 1. The molecule has 156 valence electrons. The number of benzene rings is 2. The van der Waals surface area contributed by atoms with E-state index in [1.54, 1.807) is 11.0 Å². The lowest BCUT2D eigenvalue weighted by Crippen LogP contribution is -2.49. The Labute approximate surface area is 179 Å². The molecule has 2 heterocycles. The summed E-state index contributed by atoms with van der Waals surface area (Å²) in [5.41, 5.74) is 1.39. The van der Waals surface area contributed by atoms with Crippen LogP contribution in [0.4, 0.5) is 10.1 Å². The highest BCUT2D eigenvalue weighted by Crippen LogP contribution is 2.30. The maximum absolute atomic E-state index is 14.2. The van der Waals surface area contributed by atoms with Crippen molar-refractivity contribution < 1.29 is 9.18 Å². The van der Waals surface area contributed by atoms with Gasteiger partial charge in [0.25, 0.3) is 5.56 Å². The maximum atomic E-state index is 14.2. The van der Waals surface area contributed by atoms with Crippen LogP contribution < -0.4 is 10.5 Å². The Hall–Kier alpha value is -3.92. The molecule has 3 aromatic rings. The van der Waals surface area contributed by atoms with E-state index in [9.17, 15) is 19.2 Å². The van der Waals surface area contributed by atoms with Crippen LogP contribution in [0.15, 0.2) is 66.0 Å². The number of carbonyl (C=O) groups is 1. The molecule has 0 saturated carbocycles. The van der Waals surface area contributed by atoms with Gasteiger partial charge in [0.15, 0.2) is 0 Å². The van der Waals surface area contributed by atoms with Gasteiger partial charge in [0.1, 0.15) is 17.4 Å². The number of hydrogen-bond acceptors (Lipinski definition) is 4. The molecule has 1 amide bonds. The number of hydrogen-bond donors (Lipinski definition) is 0. The standard InChI is InChI=1S/C24H21FN4O2/c1-2-22(30)27-10-12-28(13-11-27)23-19-9-8-18(25)14-21(19)29(24(31)20(23)15-26)16-17-6-4-3-5-7-17/h2-9,14H,1,10-13,16H2. The molecular weight excluding hydrogens is 395 g/mol. The molecule has 6 nitrogen and oxygen atoms in total. The first kappa shape index (κ1) is 20.4. The minimum absolute atomic E-state index is 0.0264. The van der Waals surface area contributed by atoms with E-state index in [2.05, 4.69) is 12.6 Å². The van der Waals surface area contributed by atoms with E-state index in [0.717, 1.165) is 5.56 Å². The summed E-state index contributed by atoms with van der Waals surface area (Å²) in [6, 6.07) is 15.7. The van der Waals surface area contributed by atoms with Gasteiger partial charge in [-0.25, -0.2) is 4.39 Å². The van der Waals surface area contributed by atoms with Gasteiger partial charge < -0.3 is 14.4 Å². The van der Waals surface area contributed by atoms with Crippen LogP contribution in [0.2, 0.25) is 0 Å². The Morgan fingerprint density at radius 3 is 2.48 bits per heavy atom. The highest BCUT2D eigenvalue weighted by atomic mass is 19.1. The fraction of sp³-hybridized carbons (Fsp3) is 0.208. The summed E-state index contributed by atoms with van der Waals surface area (Å²) >= 11 is 0. The Morgan fingerprint density at radius 2 is 1.84 bits per heavy atom. The van der Waals surface area contributed by atoms with E-state index in [1.807, 2.05) is 35.2 Å². The van der Waals surface area contributed by atoms with Crippen LogP contribution in [0.5, 0.6) is 0 Å². The van der Waals surface area contributed by atoms with Gasteiger partial charge in [0, 0.05) is 31.6 Å². The second-order valence-corrected chi connectivity index (χ2v) is 7.39. The summed E-state index contributed by atoms with van der Waals surface area (Å²) in [7, 11) is 0. The molecular formula is C24H21FN4O2. The number of aromatic nitrogens is 1. The molecule has 1 aliphatic rings. The van der Waals surface area contributed by atoms with Crippen molar-refractivity contribution in [3.05, 3.63) is 88.5 Å². The molecule has 7 heteroatoms. The molecule has 31 heavy (non-hydrogen) atoms. The molecule has 1 saturated heterocycles. The second-order valence-electron chi connectivity index (χ2n) is 7.39. The zero-order chi connectivity index (χ0) is 22.0. The molecule has 0 unspecified atom stereocenters. The number of anilines is 1. The first-order valence-corrected chi connectivity index (χ1v) is 10.00. The van der Waals surface area contributed by atoms with Crippen LogP contribution in [-0.2, 0) is 11.3 Å². The van der Waals surface area contributed by atoms with Crippen molar-refractivity contribution in [2.75, 3.05) is 31.1 Å². The van der Waals surface area contributed by atoms with Crippen molar-refractivity contribution in [3.63, 3.8) is 0 Å². The van der Waals surface area contributed by atoms with Crippen LogP contribution in [0, 0.1) is 17.1 Å². The highest BCUT2D eigenvalue weighted by molar-refractivity contribution is 5.95. The van der Waals surface area contributed by atoms with Crippen molar-refractivity contribution in [1.82, 2.24) is 9.47 Å². The first-order valence-electron chi connectivity index (χ1n) is 10.00. The Kier molecular flexibility index (Phi) is 5.54. The summed E-state index contributed by atoms with van der Waals surface area (Å²) < 4.78 is 15.6. The monoisotopic (exact) mass is 416 g/mol. The summed E-state index contributed by atoms with van der Waals surface area (Å²) in [5.74, 6) is -0.601. The van der Waals surface area contributed by atoms with Crippen LogP contribution in [0.3, 0.4) is 0 Å². The topological polar surface area (TPSA) is 69.3 Å². The van der Waals surface area contributed by atoms with Crippen molar-refractivity contribution in [2.45, 2.75) is 6.54 Å². The number of nitriles is 1. The zero-order valence-electron chi connectivity index (χ0n) is 16.9. The van der Waals surface area contributed by atoms with Gasteiger partial charge >= 0.3 is 0 Å². The van der Waals surface area contributed by atoms with Gasteiger partial charge in [-0.2, -0.15) is 5.26 Å². The van der Waals surface area contributed by atoms with Crippen LogP contribution in [-0.4, -0.2) is 41.6 Å². The Bertz CT molecular complexity index is 1250. The van der Waals surface area contributed by atoms with Crippen molar-refractivity contribution >= 4 is 22.5 Å². The molecule has 1 fully saturated rings. The van der Waals surface area contributed by atoms with E-state index in [-0.39, 0.29) is 18.0 Å². The Balaban J connectivity index is 1.85. The van der Waals surface area contributed by atoms with Gasteiger partial charge in [-0.1, -0.05) is 36.9 Å². The second kappa shape index (κ2) is 8.44. The third-order valence-corrected chi connectivity index (χ3v) is 5.58. The summed E-state index contributed by atoms with van der Waals surface area (Å²) in [6.45, 7) is 5.57. The normalized spacial score (nSPS) is 13.8. The van der Waals surface area contributed by atoms with E-state index in [1.165, 1.54) is 22.8 Å². The SMILES string of the molecule is C=CC(=O)N1CCN(c2c(C#N)c(=O)n(Cc3ccccc3)c3cc(F)ccc23)CC1. The average molecular weight is 416 g/mol. The van der Waals surface area contributed by atoms with E-state index in [4.69, 9.17) is 0 Å². The van der Waals surface area contributed by atoms with Crippen molar-refractivity contribution in [1.29, 1.82) is 5.26 Å². The van der Waals surface area contributed by atoms with Crippen LogP contribution in [0.25, 0.3) is 10.9 Å². The molecule has 4 rings (SSSR count). The number of carbonyl (C=O) groups excluding carboxylic acids is 1. The van der Waals surface area contributed by atoms with Gasteiger partial charge in [-0.05, 0) is 29.8 Å². The highest BCUT2D eigenvalue weighted by Gasteiger charge is 2.26. The van der Waals surface area contributed by atoms with Crippen LogP contribution >= 0.6 is 0 Å². The molecule has 0 N–H and O–H groups in total. The largest absolute Gasteiger partial charge is 0.366 e. The molecule has 0 aliphatic carbocycles. The number of fused-ring (bicyclic) bond motifs is 1. The van der Waals surface area contributed by atoms with Gasteiger partial charge in [0.2, 0.25) is 5.91 Å². The lowest BCUT2D eigenvalue weighted by atomic mass is 10.1. The number of pyridine rings is 1. The fourth-order valence-electron chi connectivity index (χ4n) is 4.04. The predicted octanol–water partition coefficient (Wildman–Crippen LogP) is 2.90. The minimum atomic E-state index is -0.455. The van der Waals surface area contributed by atoms with Crippen molar-refractivity contribution in [3.8, 4) is 6.07 Å². The summed E-state index contributed by atoms with van der Waals surface area (Å²) in [4.78, 5) is 28.8. The van der Waals surface area contributed by atoms with Gasteiger partial charge in [-0.3, -0.25) is 9.59 Å². The molecule has 2 aromatic carbocycles. The van der Waals surface area contributed by atoms with Crippen LogP contribution in [0.1, 0.15) is 11.1 Å². The number of rotatable bonds is 4. The molecule has 1 aliphatic heterocycles. The quantitative estimate of drug-likeness (QED) is 0.614. The molecule has 0 atom stereocenters. The molecule has 0 radical (unpaired) electrons. The molecule has 1 aromatic heterocycles. The van der Waals surface area contributed by atoms with Gasteiger partial charge in [-0.15, -0.1) is 0 Å². The third-order valence-electron chi connectivity index (χ3n) is 5.58. The molecule has 0 bridgehead atoms. The van der Waals surface area contributed by atoms with Gasteiger partial charge in [0.05, 0.1) is 17.7 Å². The average Bonchev–Trinajstić information content (AvgIpc) is 2.81. The number of piperazine rings is 1. The summed E-state index contributed by atoms with van der Waals surface area (Å²) in [6.07, 6.45) is 1.28. The number of halogens is 1. The third kappa shape index (κ3) is 3.80.